The number of aldehydes is 1. The van der Waals surface area contributed by atoms with E-state index in [-0.39, 0.29) is 6.10 Å². The minimum Gasteiger partial charge on any atom is -0.415 e. The van der Waals surface area contributed by atoms with Crippen LogP contribution in [0.3, 0.4) is 0 Å². The summed E-state index contributed by atoms with van der Waals surface area (Å²) >= 11 is 0. The van der Waals surface area contributed by atoms with Crippen LogP contribution in [-0.2, 0) is 27.2 Å². The first kappa shape index (κ1) is 29.3. The zero-order chi connectivity index (χ0) is 23.3. The van der Waals surface area contributed by atoms with Crippen LogP contribution < -0.4 is 0 Å². The molecule has 0 bridgehead atoms. The van der Waals surface area contributed by atoms with Crippen molar-refractivity contribution in [2.24, 2.45) is 0 Å². The van der Waals surface area contributed by atoms with Gasteiger partial charge >= 0.3 is 0 Å². The Morgan fingerprint density at radius 3 is 1.41 bits per heavy atom. The summed E-state index contributed by atoms with van der Waals surface area (Å²) in [6, 6.07) is 0. The van der Waals surface area contributed by atoms with Crippen LogP contribution in [-0.4, -0.2) is 77.7 Å². The Morgan fingerprint density at radius 1 is 0.655 bits per heavy atom. The number of methoxy groups -OCH3 is 1. The Balaban J connectivity index is 6.07. The van der Waals surface area contributed by atoms with E-state index < -0.39 is 51.6 Å². The molecule has 0 saturated carbocycles. The van der Waals surface area contributed by atoms with E-state index in [1.54, 1.807) is 7.11 Å². The van der Waals surface area contributed by atoms with E-state index in [0.717, 1.165) is 6.29 Å². The lowest BCUT2D eigenvalue weighted by Gasteiger charge is -2.42. The Morgan fingerprint density at radius 2 is 1.10 bits per heavy atom. The first-order chi connectivity index (χ1) is 12.8. The number of hydrogen-bond acceptors (Lipinski definition) is 6. The van der Waals surface area contributed by atoms with Crippen LogP contribution in [0.25, 0.3) is 0 Å². The van der Waals surface area contributed by atoms with Gasteiger partial charge in [-0.15, -0.1) is 0 Å². The second kappa shape index (κ2) is 11.3. The lowest BCUT2D eigenvalue weighted by atomic mass is 10.0. The molecule has 0 amide bonds. The van der Waals surface area contributed by atoms with Crippen molar-refractivity contribution >= 4 is 39.6 Å². The highest BCUT2D eigenvalue weighted by molar-refractivity contribution is 6.71. The summed E-state index contributed by atoms with van der Waals surface area (Å²) in [5, 5.41) is 0. The summed E-state index contributed by atoms with van der Waals surface area (Å²) in [6.07, 6.45) is -1.18. The fraction of sp³-hybridized carbons (Fsp3) is 0.947. The third-order valence-electron chi connectivity index (χ3n) is 3.59. The van der Waals surface area contributed by atoms with Crippen molar-refractivity contribution in [1.82, 2.24) is 0 Å². The van der Waals surface area contributed by atoms with Gasteiger partial charge in [0.25, 0.3) is 0 Å². The predicted octanol–water partition coefficient (Wildman–Crippen LogP) is 4.71. The van der Waals surface area contributed by atoms with Crippen LogP contribution in [0.2, 0.25) is 78.6 Å². The van der Waals surface area contributed by atoms with Gasteiger partial charge in [-0.05, 0) is 78.6 Å². The number of hydrogen-bond donors (Lipinski definition) is 0. The maximum Gasteiger partial charge on any atom is 0.184 e. The first-order valence-electron chi connectivity index (χ1n) is 10.4. The highest BCUT2D eigenvalue weighted by atomic mass is 28.4. The average Bonchev–Trinajstić information content (AvgIpc) is 2.45. The average molecular weight is 483 g/mol. The molecule has 0 aromatic heterocycles. The molecular weight excluding hydrogens is 437 g/mol. The molecule has 0 unspecified atom stereocenters. The predicted molar refractivity (Wildman–Crippen MR) is 131 cm³/mol. The Labute approximate surface area is 183 Å². The Bertz CT molecular complexity index is 491. The minimum absolute atomic E-state index is 0.322. The highest BCUT2D eigenvalue weighted by Gasteiger charge is 2.43. The van der Waals surface area contributed by atoms with Gasteiger partial charge in [0, 0.05) is 7.11 Å². The van der Waals surface area contributed by atoms with Gasteiger partial charge in [-0.1, -0.05) is 0 Å². The van der Waals surface area contributed by atoms with Gasteiger partial charge in [-0.25, -0.2) is 0 Å². The third-order valence-corrected chi connectivity index (χ3v) is 7.59. The van der Waals surface area contributed by atoms with Crippen molar-refractivity contribution < 1.29 is 27.2 Å². The van der Waals surface area contributed by atoms with Crippen LogP contribution >= 0.6 is 0 Å². The summed E-state index contributed by atoms with van der Waals surface area (Å²) in [6.45, 7) is 25.9. The van der Waals surface area contributed by atoms with Crippen LogP contribution in [0.15, 0.2) is 0 Å². The fourth-order valence-corrected chi connectivity index (χ4v) is 6.66. The van der Waals surface area contributed by atoms with Crippen LogP contribution in [0.5, 0.6) is 0 Å². The van der Waals surface area contributed by atoms with Crippen molar-refractivity contribution in [3.63, 3.8) is 0 Å². The van der Waals surface area contributed by atoms with Crippen LogP contribution in [0, 0.1) is 0 Å². The number of carbonyl (C=O) groups excluding carboxylic acids is 1. The number of carbonyl (C=O) groups is 1. The molecule has 4 atom stereocenters. The summed E-state index contributed by atoms with van der Waals surface area (Å²) in [5.41, 5.74) is 0. The largest absolute Gasteiger partial charge is 0.415 e. The van der Waals surface area contributed by atoms with Gasteiger partial charge < -0.3 is 27.2 Å². The molecule has 0 aliphatic heterocycles. The monoisotopic (exact) mass is 482 g/mol. The second-order valence-electron chi connectivity index (χ2n) is 11.4. The smallest absolute Gasteiger partial charge is 0.184 e. The first-order valence-corrected chi connectivity index (χ1v) is 24.1. The standard InChI is InChI=1S/C19H46O6Si4/c1-21-18(16(14-20)23-27(5,6)7)19(25-29(11,12)13)17(24-28(8,9)10)15-22-26(2,3)4/h14,16-19H,15H2,1-13H3/t16-,17+,18+,19-/m1/s1. The molecule has 0 heterocycles. The minimum atomic E-state index is -1.98. The molecule has 10 heteroatoms. The van der Waals surface area contributed by atoms with Crippen molar-refractivity contribution in [3.05, 3.63) is 0 Å². The molecule has 0 aromatic carbocycles. The molecule has 0 rings (SSSR count). The topological polar surface area (TPSA) is 63.2 Å². The molecule has 29 heavy (non-hydrogen) atoms. The van der Waals surface area contributed by atoms with Gasteiger partial charge in [-0.2, -0.15) is 0 Å². The number of rotatable bonds is 14. The molecule has 0 N–H and O–H groups in total. The maximum atomic E-state index is 12.0. The fourth-order valence-electron chi connectivity index (χ4n) is 2.78. The van der Waals surface area contributed by atoms with Crippen molar-refractivity contribution in [3.8, 4) is 0 Å². The summed E-state index contributed by atoms with van der Waals surface area (Å²) < 4.78 is 31.4. The van der Waals surface area contributed by atoms with E-state index in [9.17, 15) is 4.79 Å². The Kier molecular flexibility index (Phi) is 11.4. The van der Waals surface area contributed by atoms with Crippen molar-refractivity contribution in [2.75, 3.05) is 13.7 Å². The van der Waals surface area contributed by atoms with E-state index in [1.807, 2.05) is 0 Å². The Hall–Kier alpha value is 0.338. The van der Waals surface area contributed by atoms with E-state index in [4.69, 9.17) is 22.4 Å². The normalized spacial score (nSPS) is 18.2. The van der Waals surface area contributed by atoms with Gasteiger partial charge in [0.1, 0.15) is 24.6 Å². The molecule has 0 fully saturated rings. The lowest BCUT2D eigenvalue weighted by Crippen LogP contribution is -2.57. The van der Waals surface area contributed by atoms with E-state index in [1.165, 1.54) is 0 Å². The SMILES string of the molecule is CO[C@H]([C@H](O[Si](C)(C)C)[C@H](CO[Si](C)(C)C)O[Si](C)(C)C)[C@@H](C=O)O[Si](C)(C)C. The van der Waals surface area contributed by atoms with Crippen LogP contribution in [0.4, 0.5) is 0 Å². The summed E-state index contributed by atoms with van der Waals surface area (Å²) in [5.74, 6) is 0. The van der Waals surface area contributed by atoms with Gasteiger partial charge in [-0.3, -0.25) is 0 Å². The van der Waals surface area contributed by atoms with Gasteiger partial charge in [0.15, 0.2) is 33.3 Å². The van der Waals surface area contributed by atoms with Gasteiger partial charge in [0.2, 0.25) is 0 Å². The number of ether oxygens (including phenoxy) is 1. The highest BCUT2D eigenvalue weighted by Crippen LogP contribution is 2.25. The lowest BCUT2D eigenvalue weighted by molar-refractivity contribution is -0.135. The molecule has 0 saturated heterocycles. The quantitative estimate of drug-likeness (QED) is 0.264. The molecule has 174 valence electrons. The molecule has 0 spiro atoms. The van der Waals surface area contributed by atoms with E-state index in [0.29, 0.717) is 6.61 Å². The van der Waals surface area contributed by atoms with E-state index >= 15 is 0 Å². The molecular formula is C19H46O6Si4. The summed E-state index contributed by atoms with van der Waals surface area (Å²) in [7, 11) is -6.01. The van der Waals surface area contributed by atoms with Gasteiger partial charge in [0.05, 0.1) is 12.7 Å². The maximum absolute atomic E-state index is 12.0. The molecule has 6 nitrogen and oxygen atoms in total. The molecule has 0 aliphatic rings. The van der Waals surface area contributed by atoms with Crippen LogP contribution in [0.1, 0.15) is 0 Å². The molecule has 0 radical (unpaired) electrons. The second-order valence-corrected chi connectivity index (χ2v) is 29.3. The van der Waals surface area contributed by atoms with Crippen molar-refractivity contribution in [2.45, 2.75) is 103 Å². The van der Waals surface area contributed by atoms with Crippen molar-refractivity contribution in [1.29, 1.82) is 0 Å². The van der Waals surface area contributed by atoms with E-state index in [2.05, 4.69) is 78.6 Å². The molecule has 0 aromatic rings. The third kappa shape index (κ3) is 14.1. The molecule has 0 aliphatic carbocycles. The zero-order valence-electron chi connectivity index (χ0n) is 21.0. The summed E-state index contributed by atoms with van der Waals surface area (Å²) in [4.78, 5) is 12.0. The zero-order valence-corrected chi connectivity index (χ0v) is 25.0.